The predicted octanol–water partition coefficient (Wildman–Crippen LogP) is 3.26. The lowest BCUT2D eigenvalue weighted by atomic mass is 9.78. The van der Waals surface area contributed by atoms with Crippen molar-refractivity contribution in [1.82, 2.24) is 10.3 Å². The molecule has 1 fully saturated rings. The third-order valence-corrected chi connectivity index (χ3v) is 4.63. The van der Waals surface area contributed by atoms with Gasteiger partial charge in [0.1, 0.15) is 4.60 Å². The van der Waals surface area contributed by atoms with E-state index in [0.717, 1.165) is 17.9 Å². The molecule has 2 aliphatic rings. The van der Waals surface area contributed by atoms with Gasteiger partial charge in [0.05, 0.1) is 5.02 Å². The molecule has 4 heteroatoms. The molecule has 0 aromatic carbocycles. The number of hydrogen-bond acceptors (Lipinski definition) is 2. The van der Waals surface area contributed by atoms with E-state index < -0.39 is 0 Å². The maximum atomic E-state index is 6.06. The van der Waals surface area contributed by atoms with Crippen molar-refractivity contribution in [2.45, 2.75) is 18.9 Å². The summed E-state index contributed by atoms with van der Waals surface area (Å²) in [5.74, 6) is 0.850. The molecule has 1 aromatic heterocycles. The number of rotatable bonds is 1. The van der Waals surface area contributed by atoms with Gasteiger partial charge in [0.15, 0.2) is 0 Å². The van der Waals surface area contributed by atoms with E-state index >= 15 is 0 Å². The fourth-order valence-corrected chi connectivity index (χ4v) is 2.77. The Morgan fingerprint density at radius 1 is 1.50 bits per heavy atom. The minimum Gasteiger partial charge on any atom is -0.313 e. The Morgan fingerprint density at radius 2 is 2.38 bits per heavy atom. The molecule has 0 unspecified atom stereocenters. The molecule has 1 N–H and O–H groups in total. The monoisotopic (exact) mass is 298 g/mol. The van der Waals surface area contributed by atoms with E-state index in [-0.39, 0.29) is 0 Å². The van der Waals surface area contributed by atoms with Gasteiger partial charge in [-0.25, -0.2) is 4.98 Å². The van der Waals surface area contributed by atoms with Crippen LogP contribution in [-0.2, 0) is 0 Å². The van der Waals surface area contributed by atoms with Gasteiger partial charge in [-0.2, -0.15) is 0 Å². The van der Waals surface area contributed by atoms with Crippen LogP contribution in [0, 0.1) is 5.92 Å². The number of nitrogens with one attached hydrogen (secondary N) is 1. The van der Waals surface area contributed by atoms with E-state index in [1.807, 2.05) is 12.3 Å². The first-order valence-electron chi connectivity index (χ1n) is 5.48. The van der Waals surface area contributed by atoms with Crippen LogP contribution in [0.1, 0.15) is 18.4 Å². The molecule has 84 valence electrons. The van der Waals surface area contributed by atoms with Crippen LogP contribution in [0.4, 0.5) is 0 Å². The molecule has 2 atom stereocenters. The first-order valence-corrected chi connectivity index (χ1v) is 6.65. The number of nitrogens with zero attached hydrogens (tertiary/aromatic N) is 1. The molecule has 16 heavy (non-hydrogen) atoms. The minimum atomic E-state index is 0.669. The Balaban J connectivity index is 1.89. The molecule has 3 rings (SSSR count). The summed E-state index contributed by atoms with van der Waals surface area (Å²) in [6.45, 7) is 1.17. The van der Waals surface area contributed by atoms with Crippen LogP contribution in [-0.4, -0.2) is 17.6 Å². The Bertz CT molecular complexity index is 458. The zero-order valence-electron chi connectivity index (χ0n) is 8.71. The molecule has 0 amide bonds. The second-order valence-corrected chi connectivity index (χ2v) is 5.60. The van der Waals surface area contributed by atoms with Crippen molar-refractivity contribution in [1.29, 1.82) is 0 Å². The van der Waals surface area contributed by atoms with Crippen LogP contribution in [0.25, 0.3) is 5.57 Å². The average molecular weight is 300 g/mol. The first-order chi connectivity index (χ1) is 7.74. The number of hydrogen-bond donors (Lipinski definition) is 1. The Labute approximate surface area is 108 Å². The van der Waals surface area contributed by atoms with Gasteiger partial charge in [0, 0.05) is 18.8 Å². The highest BCUT2D eigenvalue weighted by Gasteiger charge is 2.33. The van der Waals surface area contributed by atoms with Crippen molar-refractivity contribution >= 4 is 33.1 Å². The molecule has 1 aromatic rings. The predicted molar refractivity (Wildman–Crippen MR) is 69.4 cm³/mol. The third kappa shape index (κ3) is 1.81. The zero-order valence-corrected chi connectivity index (χ0v) is 11.1. The van der Waals surface area contributed by atoms with Gasteiger partial charge in [-0.1, -0.05) is 17.7 Å². The van der Waals surface area contributed by atoms with Gasteiger partial charge in [0.25, 0.3) is 0 Å². The molecule has 1 aliphatic carbocycles. The molecule has 2 nitrogen and oxygen atoms in total. The van der Waals surface area contributed by atoms with Gasteiger partial charge in [-0.05, 0) is 51.9 Å². The fraction of sp³-hybridized carbons (Fsp3) is 0.417. The summed E-state index contributed by atoms with van der Waals surface area (Å²) in [6.07, 6.45) is 6.51. The maximum Gasteiger partial charge on any atom is 0.124 e. The molecule has 1 saturated heterocycles. The summed E-state index contributed by atoms with van der Waals surface area (Å²) < 4.78 is 0.717. The molecule has 0 bridgehead atoms. The van der Waals surface area contributed by atoms with Gasteiger partial charge in [0.2, 0.25) is 0 Å². The number of fused-ring (bicyclic) bond motifs is 1. The van der Waals surface area contributed by atoms with E-state index in [0.29, 0.717) is 15.7 Å². The van der Waals surface area contributed by atoms with Crippen molar-refractivity contribution in [3.8, 4) is 0 Å². The van der Waals surface area contributed by atoms with E-state index in [1.165, 1.54) is 18.5 Å². The summed E-state index contributed by atoms with van der Waals surface area (Å²) >= 11 is 9.37. The highest BCUT2D eigenvalue weighted by molar-refractivity contribution is 9.10. The Kier molecular flexibility index (Phi) is 2.78. The average Bonchev–Trinajstić information content (AvgIpc) is 2.24. The van der Waals surface area contributed by atoms with Crippen molar-refractivity contribution in [2.75, 3.05) is 6.54 Å². The van der Waals surface area contributed by atoms with Crippen LogP contribution < -0.4 is 5.32 Å². The van der Waals surface area contributed by atoms with Crippen molar-refractivity contribution in [3.05, 3.63) is 33.5 Å². The van der Waals surface area contributed by atoms with Crippen LogP contribution in [0.5, 0.6) is 0 Å². The molecule has 1 aliphatic heterocycles. The van der Waals surface area contributed by atoms with Crippen LogP contribution >= 0.6 is 27.5 Å². The lowest BCUT2D eigenvalue weighted by molar-refractivity contribution is 0.231. The lowest BCUT2D eigenvalue weighted by Crippen LogP contribution is -2.53. The normalized spacial score (nSPS) is 28.0. The summed E-state index contributed by atoms with van der Waals surface area (Å²) in [4.78, 5) is 4.24. The summed E-state index contributed by atoms with van der Waals surface area (Å²) in [5, 5.41) is 4.15. The largest absolute Gasteiger partial charge is 0.313 e. The van der Waals surface area contributed by atoms with E-state index in [2.05, 4.69) is 32.3 Å². The smallest absolute Gasteiger partial charge is 0.124 e. The molecular formula is C12H12BrClN2. The molecule has 2 heterocycles. The number of allylic oxidation sites excluding steroid dienone is 1. The SMILES string of the molecule is Clc1cc(C2=CC[C@H]3CN[C@H]3C2)cnc1Br. The first kappa shape index (κ1) is 10.8. The van der Waals surface area contributed by atoms with Crippen LogP contribution in [0.3, 0.4) is 0 Å². The van der Waals surface area contributed by atoms with Crippen LogP contribution in [0.15, 0.2) is 22.9 Å². The second-order valence-electron chi connectivity index (χ2n) is 4.44. The maximum absolute atomic E-state index is 6.06. The van der Waals surface area contributed by atoms with Crippen molar-refractivity contribution in [3.63, 3.8) is 0 Å². The van der Waals surface area contributed by atoms with Crippen LogP contribution in [0.2, 0.25) is 5.02 Å². The summed E-state index contributed by atoms with van der Waals surface area (Å²) in [5.41, 5.74) is 2.52. The minimum absolute atomic E-state index is 0.669. The summed E-state index contributed by atoms with van der Waals surface area (Å²) in [7, 11) is 0. The second kappa shape index (κ2) is 4.13. The highest BCUT2D eigenvalue weighted by Crippen LogP contribution is 2.35. The third-order valence-electron chi connectivity index (χ3n) is 3.49. The van der Waals surface area contributed by atoms with Gasteiger partial charge >= 0.3 is 0 Å². The zero-order chi connectivity index (χ0) is 11.1. The van der Waals surface area contributed by atoms with Gasteiger partial charge < -0.3 is 5.32 Å². The molecular weight excluding hydrogens is 288 g/mol. The Morgan fingerprint density at radius 3 is 3.00 bits per heavy atom. The van der Waals surface area contributed by atoms with Crippen molar-refractivity contribution < 1.29 is 0 Å². The number of aromatic nitrogens is 1. The standard InChI is InChI=1S/C12H12BrClN2/c13-12-10(14)3-9(6-16-12)7-1-2-8-5-15-11(8)4-7/h1,3,6,8,11,15H,2,4-5H2/t8-,11-/m0/s1. The van der Waals surface area contributed by atoms with Crippen molar-refractivity contribution in [2.24, 2.45) is 5.92 Å². The van der Waals surface area contributed by atoms with Gasteiger partial charge in [-0.3, -0.25) is 0 Å². The van der Waals surface area contributed by atoms with E-state index in [4.69, 9.17) is 11.6 Å². The van der Waals surface area contributed by atoms with E-state index in [1.54, 1.807) is 0 Å². The van der Waals surface area contributed by atoms with Gasteiger partial charge in [-0.15, -0.1) is 0 Å². The number of halogens is 2. The lowest BCUT2D eigenvalue weighted by Gasteiger charge is -2.41. The molecule has 0 saturated carbocycles. The van der Waals surface area contributed by atoms with E-state index in [9.17, 15) is 0 Å². The number of pyridine rings is 1. The quantitative estimate of drug-likeness (QED) is 0.805. The summed E-state index contributed by atoms with van der Waals surface area (Å²) in [6, 6.07) is 2.66. The topological polar surface area (TPSA) is 24.9 Å². The fourth-order valence-electron chi connectivity index (χ4n) is 2.38. The highest BCUT2D eigenvalue weighted by atomic mass is 79.9. The molecule has 0 radical (unpaired) electrons. The molecule has 0 spiro atoms. The Hall–Kier alpha value is -0.380.